The fourth-order valence-electron chi connectivity index (χ4n) is 4.82. The van der Waals surface area contributed by atoms with Gasteiger partial charge < -0.3 is 9.52 Å². The number of hydrogen-bond donors (Lipinski definition) is 1. The first-order chi connectivity index (χ1) is 16.8. The van der Waals surface area contributed by atoms with Gasteiger partial charge in [0.25, 0.3) is 0 Å². The van der Waals surface area contributed by atoms with E-state index in [1.54, 1.807) is 6.20 Å². The number of phenols is 1. The smallest absolute Gasteiger partial charge is 0.227 e. The average Bonchev–Trinajstić information content (AvgIpc) is 3.32. The zero-order valence-corrected chi connectivity index (χ0v) is 18.1. The summed E-state index contributed by atoms with van der Waals surface area (Å²) in [6.07, 6.45) is 1.71. The van der Waals surface area contributed by atoms with Crippen LogP contribution in [0.1, 0.15) is 0 Å². The molecule has 7 rings (SSSR count). The van der Waals surface area contributed by atoms with Crippen LogP contribution in [0.15, 0.2) is 108 Å². The number of phenolic OH excluding ortho intramolecular Hbond substituents is 1. The Labute approximate surface area is 194 Å². The Morgan fingerprint density at radius 3 is 2.44 bits per heavy atom. The van der Waals surface area contributed by atoms with Gasteiger partial charge in [0.2, 0.25) is 5.89 Å². The number of benzene rings is 5. The standard InChI is InChI=1S/C30H18N2O2/c33-29-24(14-11-18-7-5-15-31-28(18)29)27-22-8-2-1-6-19(22)16-21-17-20(12-13-23(21)27)30-32-25-9-3-4-10-26(25)34-30/h1-17,33H. The van der Waals surface area contributed by atoms with Gasteiger partial charge in [-0.05, 0) is 64.0 Å². The lowest BCUT2D eigenvalue weighted by Gasteiger charge is -2.15. The lowest BCUT2D eigenvalue weighted by Crippen LogP contribution is -1.89. The highest BCUT2D eigenvalue weighted by atomic mass is 16.3. The van der Waals surface area contributed by atoms with Crippen LogP contribution >= 0.6 is 0 Å². The Morgan fingerprint density at radius 1 is 0.676 bits per heavy atom. The number of para-hydroxylation sites is 2. The summed E-state index contributed by atoms with van der Waals surface area (Å²) < 4.78 is 6.01. The molecule has 0 spiro atoms. The molecule has 0 fully saturated rings. The summed E-state index contributed by atoms with van der Waals surface area (Å²) in [4.78, 5) is 9.10. The van der Waals surface area contributed by atoms with Crippen molar-refractivity contribution in [1.29, 1.82) is 0 Å². The predicted octanol–water partition coefficient (Wildman–Crippen LogP) is 7.72. The second-order valence-electron chi connectivity index (χ2n) is 8.43. The summed E-state index contributed by atoms with van der Waals surface area (Å²) in [6.45, 7) is 0. The van der Waals surface area contributed by atoms with E-state index in [4.69, 9.17) is 4.42 Å². The molecule has 0 radical (unpaired) electrons. The van der Waals surface area contributed by atoms with Crippen molar-refractivity contribution in [2.75, 3.05) is 0 Å². The molecule has 4 heteroatoms. The summed E-state index contributed by atoms with van der Waals surface area (Å²) >= 11 is 0. The largest absolute Gasteiger partial charge is 0.505 e. The number of pyridine rings is 1. The first-order valence-corrected chi connectivity index (χ1v) is 11.1. The van der Waals surface area contributed by atoms with Gasteiger partial charge in [-0.3, -0.25) is 4.98 Å². The molecule has 160 valence electrons. The van der Waals surface area contributed by atoms with Gasteiger partial charge in [-0.1, -0.05) is 54.6 Å². The summed E-state index contributed by atoms with van der Waals surface area (Å²) in [6, 6.07) is 32.3. The minimum absolute atomic E-state index is 0.193. The Bertz CT molecular complexity index is 1850. The van der Waals surface area contributed by atoms with Gasteiger partial charge >= 0.3 is 0 Å². The molecule has 34 heavy (non-hydrogen) atoms. The van der Waals surface area contributed by atoms with Gasteiger partial charge in [-0.2, -0.15) is 0 Å². The van der Waals surface area contributed by atoms with Gasteiger partial charge in [0, 0.05) is 28.3 Å². The summed E-state index contributed by atoms with van der Waals surface area (Å²) in [5, 5.41) is 16.4. The second-order valence-corrected chi connectivity index (χ2v) is 8.43. The molecular formula is C30H18N2O2. The van der Waals surface area contributed by atoms with Gasteiger partial charge in [-0.25, -0.2) is 4.98 Å². The van der Waals surface area contributed by atoms with E-state index in [0.29, 0.717) is 11.4 Å². The molecule has 7 aromatic rings. The van der Waals surface area contributed by atoms with E-state index in [1.165, 1.54) is 0 Å². The molecule has 2 heterocycles. The van der Waals surface area contributed by atoms with E-state index in [-0.39, 0.29) is 5.75 Å². The van der Waals surface area contributed by atoms with E-state index < -0.39 is 0 Å². The van der Waals surface area contributed by atoms with Crippen molar-refractivity contribution >= 4 is 43.5 Å². The molecule has 0 aliphatic carbocycles. The van der Waals surface area contributed by atoms with Crippen molar-refractivity contribution in [2.45, 2.75) is 0 Å². The number of rotatable bonds is 2. The third kappa shape index (κ3) is 2.79. The number of aromatic hydroxyl groups is 1. The van der Waals surface area contributed by atoms with Crippen LogP contribution in [-0.2, 0) is 0 Å². The topological polar surface area (TPSA) is 59.2 Å². The highest BCUT2D eigenvalue weighted by Crippen LogP contribution is 2.43. The maximum Gasteiger partial charge on any atom is 0.227 e. The lowest BCUT2D eigenvalue weighted by atomic mass is 9.90. The maximum absolute atomic E-state index is 11.2. The SMILES string of the molecule is Oc1c(-c2c3ccccc3cc3cc(-c4nc5ccccc5o4)ccc23)ccc2cccnc12. The lowest BCUT2D eigenvalue weighted by molar-refractivity contribution is 0.482. The number of oxazole rings is 1. The minimum Gasteiger partial charge on any atom is -0.505 e. The molecular weight excluding hydrogens is 420 g/mol. The quantitative estimate of drug-likeness (QED) is 0.281. The van der Waals surface area contributed by atoms with Crippen LogP contribution in [0.4, 0.5) is 0 Å². The van der Waals surface area contributed by atoms with Gasteiger partial charge in [0.05, 0.1) is 0 Å². The molecule has 2 aromatic heterocycles. The third-order valence-electron chi connectivity index (χ3n) is 6.42. The van der Waals surface area contributed by atoms with Crippen molar-refractivity contribution in [2.24, 2.45) is 0 Å². The molecule has 1 N–H and O–H groups in total. The molecule has 0 saturated heterocycles. The fourth-order valence-corrected chi connectivity index (χ4v) is 4.82. The Morgan fingerprint density at radius 2 is 1.50 bits per heavy atom. The van der Waals surface area contributed by atoms with Gasteiger partial charge in [-0.15, -0.1) is 0 Å². The maximum atomic E-state index is 11.2. The van der Waals surface area contributed by atoms with E-state index in [0.717, 1.165) is 54.7 Å². The molecule has 0 bridgehead atoms. The van der Waals surface area contributed by atoms with E-state index in [9.17, 15) is 5.11 Å². The minimum atomic E-state index is 0.193. The van der Waals surface area contributed by atoms with Crippen LogP contribution in [0, 0.1) is 0 Å². The number of nitrogens with zero attached hydrogens (tertiary/aromatic N) is 2. The number of hydrogen-bond acceptors (Lipinski definition) is 4. The number of fused-ring (bicyclic) bond motifs is 4. The summed E-state index contributed by atoms with van der Waals surface area (Å²) in [7, 11) is 0. The Hall–Kier alpha value is -4.70. The number of aromatic nitrogens is 2. The van der Waals surface area contributed by atoms with Crippen LogP contribution in [-0.4, -0.2) is 15.1 Å². The van der Waals surface area contributed by atoms with E-state index in [1.807, 2.05) is 66.7 Å². The molecule has 0 unspecified atom stereocenters. The van der Waals surface area contributed by atoms with Crippen LogP contribution in [0.3, 0.4) is 0 Å². The molecule has 0 aliphatic heterocycles. The predicted molar refractivity (Wildman–Crippen MR) is 137 cm³/mol. The Balaban J connectivity index is 1.53. The zero-order chi connectivity index (χ0) is 22.6. The average molecular weight is 438 g/mol. The molecule has 0 amide bonds. The molecule has 4 nitrogen and oxygen atoms in total. The molecule has 5 aromatic carbocycles. The second kappa shape index (κ2) is 7.15. The van der Waals surface area contributed by atoms with Gasteiger partial charge in [0.15, 0.2) is 5.58 Å². The summed E-state index contributed by atoms with van der Waals surface area (Å²) in [5.41, 5.74) is 4.87. The van der Waals surface area contributed by atoms with E-state index in [2.05, 4.69) is 40.3 Å². The zero-order valence-electron chi connectivity index (χ0n) is 18.1. The monoisotopic (exact) mass is 438 g/mol. The van der Waals surface area contributed by atoms with Gasteiger partial charge in [0.1, 0.15) is 16.8 Å². The normalized spacial score (nSPS) is 11.6. The van der Waals surface area contributed by atoms with Crippen molar-refractivity contribution in [1.82, 2.24) is 9.97 Å². The van der Waals surface area contributed by atoms with Crippen molar-refractivity contribution in [3.05, 3.63) is 103 Å². The highest BCUT2D eigenvalue weighted by molar-refractivity contribution is 6.15. The van der Waals surface area contributed by atoms with Crippen molar-refractivity contribution in [3.63, 3.8) is 0 Å². The molecule has 0 aliphatic rings. The molecule has 0 saturated carbocycles. The van der Waals surface area contributed by atoms with Crippen LogP contribution in [0.2, 0.25) is 0 Å². The first kappa shape index (κ1) is 18.8. The third-order valence-corrected chi connectivity index (χ3v) is 6.42. The van der Waals surface area contributed by atoms with Crippen molar-refractivity contribution in [3.8, 4) is 28.3 Å². The first-order valence-electron chi connectivity index (χ1n) is 11.1. The highest BCUT2D eigenvalue weighted by Gasteiger charge is 2.17. The Kier molecular flexibility index (Phi) is 3.96. The van der Waals surface area contributed by atoms with Crippen LogP contribution in [0.25, 0.3) is 66.1 Å². The summed E-state index contributed by atoms with van der Waals surface area (Å²) in [5.74, 6) is 0.786. The van der Waals surface area contributed by atoms with Crippen molar-refractivity contribution < 1.29 is 9.52 Å². The van der Waals surface area contributed by atoms with Crippen LogP contribution < -0.4 is 0 Å². The fraction of sp³-hybridized carbons (Fsp3) is 0. The van der Waals surface area contributed by atoms with Crippen LogP contribution in [0.5, 0.6) is 5.75 Å². The molecule has 0 atom stereocenters. The van der Waals surface area contributed by atoms with E-state index >= 15 is 0 Å².